The number of aliphatic hydroxyl groups excluding tert-OH is 1. The molecule has 3 N–H and O–H groups in total. The number of nitrogens with one attached hydrogen (secondary N) is 2. The molecule has 0 spiro atoms. The van der Waals surface area contributed by atoms with Crippen molar-refractivity contribution in [2.45, 2.75) is 95.1 Å². The number of carbonyl (C=O) groups is 5. The van der Waals surface area contributed by atoms with Crippen LogP contribution in [0.5, 0.6) is 5.75 Å². The third-order valence-corrected chi connectivity index (χ3v) is 13.8. The number of piperazine rings is 1. The van der Waals surface area contributed by atoms with Crippen LogP contribution in [0, 0.1) is 11.8 Å². The van der Waals surface area contributed by atoms with Crippen LogP contribution >= 0.6 is 0 Å². The number of anilines is 1. The fourth-order valence-electron chi connectivity index (χ4n) is 10.2. The molecule has 5 aliphatic rings. The quantitative estimate of drug-likeness (QED) is 0.148. The van der Waals surface area contributed by atoms with Gasteiger partial charge in [-0.3, -0.25) is 44.4 Å². The first kappa shape index (κ1) is 43.6. The van der Waals surface area contributed by atoms with Crippen molar-refractivity contribution >= 4 is 46.5 Å². The zero-order valence-electron chi connectivity index (χ0n) is 35.4. The molecule has 0 bridgehead atoms. The first-order valence-electron chi connectivity index (χ1n) is 22.4. The van der Waals surface area contributed by atoms with Crippen molar-refractivity contribution in [3.8, 4) is 5.75 Å². The van der Waals surface area contributed by atoms with E-state index in [-0.39, 0.29) is 54.2 Å². The Kier molecular flexibility index (Phi) is 12.3. The van der Waals surface area contributed by atoms with Crippen LogP contribution in [0.1, 0.15) is 112 Å². The van der Waals surface area contributed by atoms with Crippen molar-refractivity contribution < 1.29 is 47.0 Å². The summed E-state index contributed by atoms with van der Waals surface area (Å²) in [5.41, 5.74) is 2.09. The van der Waals surface area contributed by atoms with Crippen molar-refractivity contribution in [1.29, 1.82) is 0 Å². The van der Waals surface area contributed by atoms with Crippen LogP contribution in [0.2, 0.25) is 0 Å². The van der Waals surface area contributed by atoms with Crippen molar-refractivity contribution in [1.82, 2.24) is 29.6 Å². The normalized spacial score (nSPS) is 24.8. The maximum atomic E-state index is 13.4. The number of ether oxygens (including phenoxy) is 1. The Morgan fingerprint density at radius 2 is 1.53 bits per heavy atom. The molecule has 2 saturated heterocycles. The molecule has 4 fully saturated rings. The fraction of sp³-hybridized carbons (Fsp3) is 0.489. The van der Waals surface area contributed by atoms with E-state index in [4.69, 9.17) is 9.72 Å². The van der Waals surface area contributed by atoms with Gasteiger partial charge < -0.3 is 19.3 Å². The number of amides is 5. The minimum Gasteiger partial charge on any atom is -0.490 e. The van der Waals surface area contributed by atoms with E-state index in [1.165, 1.54) is 12.1 Å². The Morgan fingerprint density at radius 3 is 2.25 bits per heavy atom. The molecule has 14 nitrogen and oxygen atoms in total. The largest absolute Gasteiger partial charge is 0.490 e. The lowest BCUT2D eigenvalue weighted by Gasteiger charge is -2.38. The number of carbonyl (C=O) groups excluding carboxylic acids is 5. The van der Waals surface area contributed by atoms with E-state index < -0.39 is 47.3 Å². The highest BCUT2D eigenvalue weighted by Crippen LogP contribution is 2.38. The molecular formula is C47H52F3N7O7. The lowest BCUT2D eigenvalue weighted by molar-refractivity contribution is -0.138. The average molecular weight is 884 g/mol. The summed E-state index contributed by atoms with van der Waals surface area (Å²) >= 11 is 0. The summed E-state index contributed by atoms with van der Waals surface area (Å²) in [6.07, 6.45) is 2.52. The topological polar surface area (TPSA) is 166 Å². The van der Waals surface area contributed by atoms with E-state index in [1.54, 1.807) is 18.2 Å². The number of imide groups is 2. The number of piperidine rings is 1. The second kappa shape index (κ2) is 18.1. The Labute approximate surface area is 368 Å². The van der Waals surface area contributed by atoms with E-state index in [0.717, 1.165) is 119 Å². The van der Waals surface area contributed by atoms with Gasteiger partial charge in [0.2, 0.25) is 17.8 Å². The predicted molar refractivity (Wildman–Crippen MR) is 228 cm³/mol. The minimum atomic E-state index is -4.58. The molecule has 17 heteroatoms. The van der Waals surface area contributed by atoms with Crippen LogP contribution < -0.4 is 15.4 Å². The highest BCUT2D eigenvalue weighted by molar-refractivity contribution is 6.23. The van der Waals surface area contributed by atoms with E-state index in [1.807, 2.05) is 16.7 Å². The first-order chi connectivity index (χ1) is 30.8. The van der Waals surface area contributed by atoms with Gasteiger partial charge in [-0.1, -0.05) is 12.1 Å². The molecular weight excluding hydrogens is 832 g/mol. The van der Waals surface area contributed by atoms with E-state index >= 15 is 0 Å². The Morgan fingerprint density at radius 1 is 0.812 bits per heavy atom. The van der Waals surface area contributed by atoms with Crippen LogP contribution in [-0.4, -0.2) is 110 Å². The lowest BCUT2D eigenvalue weighted by atomic mass is 9.86. The molecule has 3 aliphatic heterocycles. The number of halogens is 3. The molecule has 0 radical (unpaired) electrons. The summed E-state index contributed by atoms with van der Waals surface area (Å²) in [6.45, 7) is 5.54. The molecule has 2 saturated carbocycles. The third kappa shape index (κ3) is 9.15. The predicted octanol–water partition coefficient (Wildman–Crippen LogP) is 6.19. The van der Waals surface area contributed by atoms with Gasteiger partial charge in [0.15, 0.2) is 0 Å². The molecule has 2 aliphatic carbocycles. The molecule has 3 aromatic carbocycles. The summed E-state index contributed by atoms with van der Waals surface area (Å²) in [5.74, 6) is -1.26. The summed E-state index contributed by atoms with van der Waals surface area (Å²) in [4.78, 5) is 74.5. The van der Waals surface area contributed by atoms with Crippen LogP contribution in [0.3, 0.4) is 0 Å². The van der Waals surface area contributed by atoms with Crippen molar-refractivity contribution in [2.75, 3.05) is 44.6 Å². The molecule has 5 amide bonds. The SMILES string of the molecule is O=C1CCC(N2C(=O)c3ccc(OC4CCC(CN5CCN(Cc6ccc7nc(NC(=O)c8cccc(C(F)(F)F)c8)n(C8CCC(CO)CC8)c7c6)CC5)CC4)cc3C2=O)C(=O)N1. The van der Waals surface area contributed by atoms with Gasteiger partial charge in [0, 0.05) is 63.9 Å². The van der Waals surface area contributed by atoms with Gasteiger partial charge in [-0.05, 0) is 124 Å². The van der Waals surface area contributed by atoms with Gasteiger partial charge in [0.05, 0.1) is 33.8 Å². The summed E-state index contributed by atoms with van der Waals surface area (Å²) in [5, 5.41) is 14.8. The second-order valence-electron chi connectivity index (χ2n) is 18.0. The Bertz CT molecular complexity index is 2450. The maximum Gasteiger partial charge on any atom is 0.416 e. The van der Waals surface area contributed by atoms with Crippen LogP contribution in [-0.2, 0) is 22.3 Å². The van der Waals surface area contributed by atoms with Crippen LogP contribution in [0.4, 0.5) is 19.1 Å². The number of aromatic nitrogens is 2. The van der Waals surface area contributed by atoms with Gasteiger partial charge in [0.1, 0.15) is 11.8 Å². The zero-order chi connectivity index (χ0) is 44.7. The van der Waals surface area contributed by atoms with Gasteiger partial charge in [-0.15, -0.1) is 0 Å². The Hall–Kier alpha value is -5.65. The summed E-state index contributed by atoms with van der Waals surface area (Å²) in [7, 11) is 0. The Balaban J connectivity index is 0.780. The van der Waals surface area contributed by atoms with Crippen molar-refractivity contribution in [2.24, 2.45) is 11.8 Å². The van der Waals surface area contributed by atoms with E-state index in [9.17, 15) is 42.3 Å². The minimum absolute atomic E-state index is 0.00150. The first-order valence-corrected chi connectivity index (χ1v) is 22.4. The number of aliphatic hydroxyl groups is 1. The molecule has 64 heavy (non-hydrogen) atoms. The number of rotatable bonds is 11. The number of benzene rings is 3. The number of fused-ring (bicyclic) bond motifs is 2. The summed E-state index contributed by atoms with van der Waals surface area (Å²) in [6, 6.07) is 14.3. The molecule has 1 aromatic heterocycles. The number of hydrogen-bond acceptors (Lipinski definition) is 10. The maximum absolute atomic E-state index is 13.4. The number of hydrogen-bond donors (Lipinski definition) is 3. The van der Waals surface area contributed by atoms with E-state index in [0.29, 0.717) is 23.1 Å². The lowest BCUT2D eigenvalue weighted by Crippen LogP contribution is -2.54. The smallest absolute Gasteiger partial charge is 0.416 e. The van der Waals surface area contributed by atoms with Crippen molar-refractivity contribution in [3.63, 3.8) is 0 Å². The highest BCUT2D eigenvalue weighted by atomic mass is 19.4. The molecule has 1 atom stereocenters. The fourth-order valence-corrected chi connectivity index (χ4v) is 10.2. The monoisotopic (exact) mass is 883 g/mol. The van der Waals surface area contributed by atoms with E-state index in [2.05, 4.69) is 26.5 Å². The summed E-state index contributed by atoms with van der Waals surface area (Å²) < 4.78 is 48.7. The van der Waals surface area contributed by atoms with Crippen molar-refractivity contribution in [3.05, 3.63) is 88.5 Å². The molecule has 9 rings (SSSR count). The van der Waals surface area contributed by atoms with Gasteiger partial charge >= 0.3 is 6.18 Å². The van der Waals surface area contributed by atoms with Gasteiger partial charge in [0.25, 0.3) is 17.7 Å². The molecule has 1 unspecified atom stereocenters. The number of imidazole rings is 1. The van der Waals surface area contributed by atoms with Gasteiger partial charge in [-0.2, -0.15) is 13.2 Å². The third-order valence-electron chi connectivity index (χ3n) is 13.8. The number of nitrogens with zero attached hydrogens (tertiary/aromatic N) is 5. The second-order valence-corrected chi connectivity index (χ2v) is 18.0. The van der Waals surface area contributed by atoms with Crippen LogP contribution in [0.15, 0.2) is 60.7 Å². The number of alkyl halides is 3. The van der Waals surface area contributed by atoms with Crippen LogP contribution in [0.25, 0.3) is 11.0 Å². The van der Waals surface area contributed by atoms with Gasteiger partial charge in [-0.25, -0.2) is 4.98 Å². The standard InChI is InChI=1S/C47H52F3N7O7/c48-47(49,50)32-3-1-2-31(23-32)42(60)53-46-51-38-15-8-30(22-40(38)56(46)33-9-4-29(27-58)5-10-33)26-55-20-18-54(19-21-55)25-28-6-11-34(12-7-28)64-35-13-14-36-37(24-35)45(63)57(44(36)62)39-16-17-41(59)52-43(39)61/h1-3,8,13-15,22-24,28-29,33-34,39,58H,4-7,9-12,16-21,25-27H2,(H,51,53,60)(H,52,59,61). The molecule has 4 aromatic rings. The average Bonchev–Trinajstić information content (AvgIpc) is 3.76. The molecule has 338 valence electrons. The highest BCUT2D eigenvalue weighted by Gasteiger charge is 2.45. The zero-order valence-corrected chi connectivity index (χ0v) is 35.4. The molecule has 4 heterocycles.